The number of benzene rings is 1. The Morgan fingerprint density at radius 2 is 2.08 bits per heavy atom. The summed E-state index contributed by atoms with van der Waals surface area (Å²) in [6.07, 6.45) is 5.82. The van der Waals surface area contributed by atoms with Gasteiger partial charge in [-0.15, -0.1) is 11.3 Å². The van der Waals surface area contributed by atoms with Crippen molar-refractivity contribution < 1.29 is 9.53 Å². The smallest absolute Gasteiger partial charge is 0.257 e. The lowest BCUT2D eigenvalue weighted by molar-refractivity contribution is 0.0708. The van der Waals surface area contributed by atoms with E-state index in [1.807, 2.05) is 41.6 Å². The minimum atomic E-state index is 0.0593. The first kappa shape index (κ1) is 15.2. The highest BCUT2D eigenvalue weighted by Crippen LogP contribution is 2.32. The molecule has 24 heavy (non-hydrogen) atoms. The standard InChI is InChI=1S/C18H19N3O2S/c1-23-16-5-3-2-4-14(16)17(22)20-9-6-13(7-10-20)15-12-24-18-19-8-11-21(15)18/h2-5,8,11-13H,6-7,9-10H2,1H3. The van der Waals surface area contributed by atoms with Crippen LogP contribution in [0.5, 0.6) is 5.75 Å². The highest BCUT2D eigenvalue weighted by molar-refractivity contribution is 7.15. The molecule has 1 amide bonds. The van der Waals surface area contributed by atoms with Crippen LogP contribution in [0.1, 0.15) is 34.8 Å². The second-order valence-electron chi connectivity index (χ2n) is 6.01. The summed E-state index contributed by atoms with van der Waals surface area (Å²) in [6.45, 7) is 1.54. The average Bonchev–Trinajstić information content (AvgIpc) is 3.25. The first-order chi connectivity index (χ1) is 11.8. The maximum absolute atomic E-state index is 12.8. The fourth-order valence-electron chi connectivity index (χ4n) is 3.41. The third-order valence-corrected chi connectivity index (χ3v) is 5.58. The minimum absolute atomic E-state index is 0.0593. The molecule has 0 atom stereocenters. The number of carbonyl (C=O) groups excluding carboxylic acids is 1. The Kier molecular flexibility index (Phi) is 3.98. The van der Waals surface area contributed by atoms with Crippen LogP contribution in [0.15, 0.2) is 42.0 Å². The van der Waals surface area contributed by atoms with E-state index in [1.165, 1.54) is 5.69 Å². The SMILES string of the molecule is COc1ccccc1C(=O)N1CCC(c2csc3nccn23)CC1. The van der Waals surface area contributed by atoms with Gasteiger partial charge in [0.2, 0.25) is 0 Å². The van der Waals surface area contributed by atoms with Crippen molar-refractivity contribution in [3.05, 3.63) is 53.3 Å². The normalized spacial score (nSPS) is 15.8. The largest absolute Gasteiger partial charge is 0.496 e. The number of hydrogen-bond donors (Lipinski definition) is 0. The van der Waals surface area contributed by atoms with Crippen molar-refractivity contribution in [2.24, 2.45) is 0 Å². The fraction of sp³-hybridized carbons (Fsp3) is 0.333. The van der Waals surface area contributed by atoms with E-state index in [1.54, 1.807) is 18.4 Å². The average molecular weight is 341 g/mol. The number of fused-ring (bicyclic) bond motifs is 1. The van der Waals surface area contributed by atoms with Crippen molar-refractivity contribution >= 4 is 22.2 Å². The molecule has 0 bridgehead atoms. The molecule has 0 radical (unpaired) electrons. The van der Waals surface area contributed by atoms with Crippen LogP contribution in [-0.2, 0) is 0 Å². The van der Waals surface area contributed by atoms with Gasteiger partial charge in [0.15, 0.2) is 4.96 Å². The molecule has 3 aromatic rings. The van der Waals surface area contributed by atoms with Crippen LogP contribution in [0, 0.1) is 0 Å². The number of methoxy groups -OCH3 is 1. The number of amides is 1. The van der Waals surface area contributed by atoms with Crippen LogP contribution in [0.2, 0.25) is 0 Å². The zero-order chi connectivity index (χ0) is 16.5. The van der Waals surface area contributed by atoms with Gasteiger partial charge in [-0.2, -0.15) is 0 Å². The maximum Gasteiger partial charge on any atom is 0.257 e. The van der Waals surface area contributed by atoms with Crippen molar-refractivity contribution in [1.29, 1.82) is 0 Å². The van der Waals surface area contributed by atoms with Crippen molar-refractivity contribution in [3.63, 3.8) is 0 Å². The highest BCUT2D eigenvalue weighted by atomic mass is 32.1. The van der Waals surface area contributed by atoms with Gasteiger partial charge in [0.1, 0.15) is 5.75 Å². The molecule has 1 aliphatic rings. The Balaban J connectivity index is 1.48. The van der Waals surface area contributed by atoms with Gasteiger partial charge < -0.3 is 9.64 Å². The predicted molar refractivity (Wildman–Crippen MR) is 93.9 cm³/mol. The Bertz CT molecular complexity index is 862. The number of likely N-dealkylation sites (tertiary alicyclic amines) is 1. The lowest BCUT2D eigenvalue weighted by atomic mass is 9.93. The Labute approximate surface area is 144 Å². The van der Waals surface area contributed by atoms with E-state index < -0.39 is 0 Å². The number of imidazole rings is 1. The summed E-state index contributed by atoms with van der Waals surface area (Å²) >= 11 is 1.68. The van der Waals surface area contributed by atoms with Gasteiger partial charge >= 0.3 is 0 Å². The summed E-state index contributed by atoms with van der Waals surface area (Å²) in [5.41, 5.74) is 1.96. The molecule has 6 heteroatoms. The maximum atomic E-state index is 12.8. The van der Waals surface area contributed by atoms with Crippen molar-refractivity contribution in [1.82, 2.24) is 14.3 Å². The molecule has 2 aromatic heterocycles. The molecule has 1 fully saturated rings. The van der Waals surface area contributed by atoms with E-state index >= 15 is 0 Å². The minimum Gasteiger partial charge on any atom is -0.496 e. The summed E-state index contributed by atoms with van der Waals surface area (Å²) in [5.74, 6) is 1.18. The number of nitrogens with zero attached hydrogens (tertiary/aromatic N) is 3. The predicted octanol–water partition coefficient (Wildman–Crippen LogP) is 3.42. The number of rotatable bonds is 3. The molecule has 0 saturated carbocycles. The van der Waals surface area contributed by atoms with Gasteiger partial charge in [0, 0.05) is 42.5 Å². The Morgan fingerprint density at radius 1 is 1.29 bits per heavy atom. The van der Waals surface area contributed by atoms with E-state index in [0.717, 1.165) is 30.9 Å². The van der Waals surface area contributed by atoms with E-state index in [0.29, 0.717) is 17.2 Å². The molecule has 0 aliphatic carbocycles. The molecule has 0 unspecified atom stereocenters. The molecule has 3 heterocycles. The quantitative estimate of drug-likeness (QED) is 0.733. The molecular weight excluding hydrogens is 322 g/mol. The van der Waals surface area contributed by atoms with Gasteiger partial charge in [0.05, 0.1) is 12.7 Å². The third-order valence-electron chi connectivity index (χ3n) is 4.71. The molecule has 5 nitrogen and oxygen atoms in total. The molecule has 1 aromatic carbocycles. The summed E-state index contributed by atoms with van der Waals surface area (Å²) in [7, 11) is 1.60. The number of hydrogen-bond acceptors (Lipinski definition) is 4. The van der Waals surface area contributed by atoms with Crippen LogP contribution in [0.4, 0.5) is 0 Å². The first-order valence-electron chi connectivity index (χ1n) is 8.10. The second kappa shape index (κ2) is 6.28. The van der Waals surface area contributed by atoms with E-state index in [-0.39, 0.29) is 5.91 Å². The summed E-state index contributed by atoms with van der Waals surface area (Å²) in [5, 5.41) is 2.20. The number of para-hydroxylation sites is 1. The van der Waals surface area contributed by atoms with Gasteiger partial charge in [-0.05, 0) is 25.0 Å². The fourth-order valence-corrected chi connectivity index (χ4v) is 4.34. The first-order valence-corrected chi connectivity index (χ1v) is 8.98. The molecular formula is C18H19N3O2S. The van der Waals surface area contributed by atoms with Crippen LogP contribution in [-0.4, -0.2) is 40.4 Å². The Hall–Kier alpha value is -2.34. The zero-order valence-electron chi connectivity index (χ0n) is 13.5. The molecule has 0 spiro atoms. The lowest BCUT2D eigenvalue weighted by Gasteiger charge is -2.32. The Morgan fingerprint density at radius 3 is 2.88 bits per heavy atom. The van der Waals surface area contributed by atoms with Crippen molar-refractivity contribution in [2.75, 3.05) is 20.2 Å². The van der Waals surface area contributed by atoms with Gasteiger partial charge in [0.25, 0.3) is 5.91 Å². The summed E-state index contributed by atoms with van der Waals surface area (Å²) in [6, 6.07) is 7.43. The van der Waals surface area contributed by atoms with Crippen molar-refractivity contribution in [3.8, 4) is 5.75 Å². The summed E-state index contributed by atoms with van der Waals surface area (Å²) in [4.78, 5) is 20.1. The second-order valence-corrected chi connectivity index (χ2v) is 6.84. The van der Waals surface area contributed by atoms with Crippen LogP contribution in [0.3, 0.4) is 0 Å². The third kappa shape index (κ3) is 2.57. The number of aromatic nitrogens is 2. The molecule has 0 N–H and O–H groups in total. The number of ether oxygens (including phenoxy) is 1. The van der Waals surface area contributed by atoms with Crippen LogP contribution >= 0.6 is 11.3 Å². The van der Waals surface area contributed by atoms with E-state index in [9.17, 15) is 4.79 Å². The summed E-state index contributed by atoms with van der Waals surface area (Å²) < 4.78 is 7.49. The molecule has 124 valence electrons. The van der Waals surface area contributed by atoms with E-state index in [2.05, 4.69) is 14.8 Å². The number of piperidine rings is 1. The number of carbonyl (C=O) groups is 1. The molecule has 1 aliphatic heterocycles. The molecule has 4 rings (SSSR count). The van der Waals surface area contributed by atoms with Gasteiger partial charge in [-0.25, -0.2) is 4.98 Å². The monoisotopic (exact) mass is 341 g/mol. The van der Waals surface area contributed by atoms with Crippen LogP contribution < -0.4 is 4.74 Å². The van der Waals surface area contributed by atoms with Crippen molar-refractivity contribution in [2.45, 2.75) is 18.8 Å². The van der Waals surface area contributed by atoms with Gasteiger partial charge in [-0.3, -0.25) is 9.20 Å². The van der Waals surface area contributed by atoms with Crippen LogP contribution in [0.25, 0.3) is 4.96 Å². The number of thiazole rings is 1. The van der Waals surface area contributed by atoms with Gasteiger partial charge in [-0.1, -0.05) is 12.1 Å². The topological polar surface area (TPSA) is 46.8 Å². The zero-order valence-corrected chi connectivity index (χ0v) is 14.3. The highest BCUT2D eigenvalue weighted by Gasteiger charge is 2.27. The van der Waals surface area contributed by atoms with E-state index in [4.69, 9.17) is 4.74 Å². The molecule has 1 saturated heterocycles. The lowest BCUT2D eigenvalue weighted by Crippen LogP contribution is -2.38.